The van der Waals surface area contributed by atoms with Gasteiger partial charge in [0.1, 0.15) is 5.75 Å². The Morgan fingerprint density at radius 3 is 2.33 bits per heavy atom. The number of aliphatic imine (C=N–C) groups is 1. The van der Waals surface area contributed by atoms with Gasteiger partial charge in [0, 0.05) is 66.7 Å². The molecule has 0 bridgehead atoms. The maximum absolute atomic E-state index is 13.6. The van der Waals surface area contributed by atoms with Crippen LogP contribution in [0.2, 0.25) is 0 Å². The monoisotopic (exact) mass is 602 g/mol. The van der Waals surface area contributed by atoms with Crippen LogP contribution in [0.25, 0.3) is 10.9 Å². The molecule has 12 heteroatoms. The zero-order valence-corrected chi connectivity index (χ0v) is 22.8. The van der Waals surface area contributed by atoms with Gasteiger partial charge in [-0.05, 0) is 48.4 Å². The lowest BCUT2D eigenvalue weighted by Crippen LogP contribution is -2.56. The Balaban J connectivity index is 1.40. The summed E-state index contributed by atoms with van der Waals surface area (Å²) in [6.45, 7) is 1.67. The molecule has 0 saturated carbocycles. The standard InChI is InChI=1S/C31H28F6N4O2/c32-30(33,34)23-13-21(14-24(16-23)31(35,36)37)29(43)41-12-11-40(10-9-38-17-20-5-1-4-8-28(20)42)19-25(41)15-22-18-39-27-7-3-2-6-26(22)27/h1-8,13-14,16-18,25,39,42H,9-12,15,19H2/t25-/m0/s1. The average molecular weight is 603 g/mol. The van der Waals surface area contributed by atoms with Crippen molar-refractivity contribution in [3.05, 3.63) is 101 Å². The number of amides is 1. The van der Waals surface area contributed by atoms with E-state index in [0.717, 1.165) is 16.5 Å². The predicted octanol–water partition coefficient (Wildman–Crippen LogP) is 6.40. The fourth-order valence-corrected chi connectivity index (χ4v) is 5.32. The van der Waals surface area contributed by atoms with Gasteiger partial charge in [0.15, 0.2) is 0 Å². The number of phenolic OH excluding ortho intramolecular Hbond substituents is 1. The molecule has 0 spiro atoms. The van der Waals surface area contributed by atoms with E-state index in [1.165, 1.54) is 4.90 Å². The third kappa shape index (κ3) is 7.02. The molecule has 226 valence electrons. The van der Waals surface area contributed by atoms with Crippen LogP contribution in [0.1, 0.15) is 32.6 Å². The van der Waals surface area contributed by atoms with E-state index in [1.807, 2.05) is 24.3 Å². The summed E-state index contributed by atoms with van der Waals surface area (Å²) >= 11 is 0. The molecule has 6 nitrogen and oxygen atoms in total. The van der Waals surface area contributed by atoms with Crippen molar-refractivity contribution in [2.75, 3.05) is 32.7 Å². The highest BCUT2D eigenvalue weighted by atomic mass is 19.4. The number of nitrogens with zero attached hydrogens (tertiary/aromatic N) is 3. The number of H-pyrrole nitrogens is 1. The second-order valence-corrected chi connectivity index (χ2v) is 10.4. The van der Waals surface area contributed by atoms with Gasteiger partial charge < -0.3 is 15.0 Å². The highest BCUT2D eigenvalue weighted by Gasteiger charge is 2.39. The Morgan fingerprint density at radius 2 is 1.63 bits per heavy atom. The number of halogens is 6. The van der Waals surface area contributed by atoms with Gasteiger partial charge >= 0.3 is 12.4 Å². The van der Waals surface area contributed by atoms with Gasteiger partial charge in [0.25, 0.3) is 5.91 Å². The predicted molar refractivity (Wildman–Crippen MR) is 150 cm³/mol. The Bertz CT molecular complexity index is 1600. The Labute approximate surface area is 243 Å². The van der Waals surface area contributed by atoms with Gasteiger partial charge in [-0.1, -0.05) is 30.3 Å². The first-order valence-electron chi connectivity index (χ1n) is 13.6. The van der Waals surface area contributed by atoms with Gasteiger partial charge in [0.05, 0.1) is 17.7 Å². The zero-order chi connectivity index (χ0) is 30.8. The van der Waals surface area contributed by atoms with E-state index in [0.29, 0.717) is 50.3 Å². The topological polar surface area (TPSA) is 71.9 Å². The molecule has 1 amide bonds. The van der Waals surface area contributed by atoms with Crippen LogP contribution in [-0.2, 0) is 18.8 Å². The number of aromatic hydroxyl groups is 1. The number of alkyl halides is 6. The lowest BCUT2D eigenvalue weighted by Gasteiger charge is -2.41. The van der Waals surface area contributed by atoms with Gasteiger partial charge in [0.2, 0.25) is 0 Å². The van der Waals surface area contributed by atoms with Crippen LogP contribution in [0.15, 0.2) is 77.9 Å². The average Bonchev–Trinajstić information content (AvgIpc) is 3.37. The molecule has 2 N–H and O–H groups in total. The van der Waals surface area contributed by atoms with E-state index < -0.39 is 41.0 Å². The van der Waals surface area contributed by atoms with Crippen molar-refractivity contribution in [3.63, 3.8) is 0 Å². The molecule has 5 rings (SSSR count). The van der Waals surface area contributed by atoms with Crippen molar-refractivity contribution in [3.8, 4) is 5.75 Å². The molecule has 0 unspecified atom stereocenters. The molecular weight excluding hydrogens is 574 g/mol. The fraction of sp³-hybridized carbons (Fsp3) is 0.290. The molecule has 3 aromatic carbocycles. The number of carbonyl (C=O) groups is 1. The van der Waals surface area contributed by atoms with E-state index in [2.05, 4.69) is 14.9 Å². The minimum absolute atomic E-state index is 0.0217. The molecule has 0 radical (unpaired) electrons. The SMILES string of the molecule is O=C(c1cc(C(F)(F)F)cc(C(F)(F)F)c1)N1CCN(CCN=Cc2ccccc2O)C[C@@H]1Cc1c[nH]c2ccccc12. The van der Waals surface area contributed by atoms with Crippen LogP contribution in [0.3, 0.4) is 0 Å². The second kappa shape index (κ2) is 12.1. The lowest BCUT2D eigenvalue weighted by molar-refractivity contribution is -0.143. The summed E-state index contributed by atoms with van der Waals surface area (Å²) in [5.74, 6) is -0.792. The maximum Gasteiger partial charge on any atom is 0.416 e. The minimum Gasteiger partial charge on any atom is -0.507 e. The summed E-state index contributed by atoms with van der Waals surface area (Å²) < 4.78 is 81.1. The fourth-order valence-electron chi connectivity index (χ4n) is 5.32. The molecule has 1 saturated heterocycles. The number of rotatable bonds is 7. The molecular formula is C31H28F6N4O2. The molecule has 43 heavy (non-hydrogen) atoms. The number of nitrogens with one attached hydrogen (secondary N) is 1. The van der Waals surface area contributed by atoms with Crippen LogP contribution in [-0.4, -0.2) is 70.8 Å². The van der Waals surface area contributed by atoms with Crippen LogP contribution in [0, 0.1) is 0 Å². The molecule has 1 aliphatic rings. The van der Waals surface area contributed by atoms with E-state index in [-0.39, 0.29) is 18.4 Å². The van der Waals surface area contributed by atoms with Crippen LogP contribution in [0.4, 0.5) is 26.3 Å². The van der Waals surface area contributed by atoms with Crippen LogP contribution < -0.4 is 0 Å². The number of piperazine rings is 1. The normalized spacial score (nSPS) is 16.8. The van der Waals surface area contributed by atoms with Crippen LogP contribution in [0.5, 0.6) is 5.75 Å². The van der Waals surface area contributed by atoms with Crippen molar-refractivity contribution in [1.29, 1.82) is 0 Å². The number of carbonyl (C=O) groups excluding carboxylic acids is 1. The quantitative estimate of drug-likeness (QED) is 0.190. The third-order valence-electron chi connectivity index (χ3n) is 7.51. The molecule has 1 atom stereocenters. The molecule has 2 heterocycles. The molecule has 4 aromatic rings. The minimum atomic E-state index is -5.06. The first-order chi connectivity index (χ1) is 20.4. The van der Waals surface area contributed by atoms with Crippen molar-refractivity contribution >= 4 is 23.0 Å². The highest BCUT2D eigenvalue weighted by molar-refractivity contribution is 5.95. The number of aromatic nitrogens is 1. The van der Waals surface area contributed by atoms with E-state index in [9.17, 15) is 36.2 Å². The van der Waals surface area contributed by atoms with E-state index >= 15 is 0 Å². The highest BCUT2D eigenvalue weighted by Crippen LogP contribution is 2.37. The van der Waals surface area contributed by atoms with Crippen molar-refractivity contribution in [1.82, 2.24) is 14.8 Å². The molecule has 1 fully saturated rings. The number of hydrogen-bond acceptors (Lipinski definition) is 4. The summed E-state index contributed by atoms with van der Waals surface area (Å²) in [5, 5.41) is 10.8. The number of hydrogen-bond donors (Lipinski definition) is 2. The summed E-state index contributed by atoms with van der Waals surface area (Å²) in [6, 6.07) is 14.7. The molecule has 0 aliphatic carbocycles. The summed E-state index contributed by atoms with van der Waals surface area (Å²) in [7, 11) is 0. The number of phenols is 1. The Kier molecular flexibility index (Phi) is 8.50. The number of fused-ring (bicyclic) bond motifs is 1. The molecule has 1 aromatic heterocycles. The van der Waals surface area contributed by atoms with Crippen molar-refractivity contribution < 1.29 is 36.2 Å². The Hall–Kier alpha value is -4.32. The third-order valence-corrected chi connectivity index (χ3v) is 7.51. The summed E-state index contributed by atoms with van der Waals surface area (Å²) in [5.41, 5.74) is -1.41. The number of para-hydroxylation sites is 2. The summed E-state index contributed by atoms with van der Waals surface area (Å²) in [6.07, 6.45) is -6.43. The Morgan fingerprint density at radius 1 is 0.953 bits per heavy atom. The van der Waals surface area contributed by atoms with Crippen molar-refractivity contribution in [2.45, 2.75) is 24.8 Å². The smallest absolute Gasteiger partial charge is 0.416 e. The van der Waals surface area contributed by atoms with Crippen LogP contribution >= 0.6 is 0 Å². The summed E-state index contributed by atoms with van der Waals surface area (Å²) in [4.78, 5) is 24.6. The lowest BCUT2D eigenvalue weighted by atomic mass is 9.98. The van der Waals surface area contributed by atoms with Gasteiger partial charge in [-0.2, -0.15) is 26.3 Å². The maximum atomic E-state index is 13.6. The van der Waals surface area contributed by atoms with Gasteiger partial charge in [-0.15, -0.1) is 0 Å². The number of aromatic amines is 1. The molecule has 1 aliphatic heterocycles. The van der Waals surface area contributed by atoms with Gasteiger partial charge in [-0.3, -0.25) is 14.7 Å². The van der Waals surface area contributed by atoms with Crippen molar-refractivity contribution in [2.24, 2.45) is 4.99 Å². The van der Waals surface area contributed by atoms with E-state index in [1.54, 1.807) is 36.7 Å². The van der Waals surface area contributed by atoms with Gasteiger partial charge in [-0.25, -0.2) is 0 Å². The number of benzene rings is 3. The first kappa shape index (κ1) is 30.1. The largest absolute Gasteiger partial charge is 0.507 e. The first-order valence-corrected chi connectivity index (χ1v) is 13.6. The second-order valence-electron chi connectivity index (χ2n) is 10.4. The zero-order valence-electron chi connectivity index (χ0n) is 22.8. The van der Waals surface area contributed by atoms with E-state index in [4.69, 9.17) is 0 Å².